The fraction of sp³-hybridized carbons (Fsp3) is 0.0385. The first-order valence-corrected chi connectivity index (χ1v) is 11.8. The van der Waals surface area contributed by atoms with Gasteiger partial charge < -0.3 is 0 Å². The Hall–Kier alpha value is -3.08. The molecule has 2 aromatic heterocycles. The first-order valence-electron chi connectivity index (χ1n) is 10.0. The average Bonchev–Trinajstić information content (AvgIpc) is 3.36. The monoisotopic (exact) mass is 420 g/mol. The Morgan fingerprint density at radius 1 is 0.733 bits per heavy atom. The molecule has 0 N–H and O–H groups in total. The van der Waals surface area contributed by atoms with Gasteiger partial charge in [0.05, 0.1) is 16.7 Å². The minimum Gasteiger partial charge on any atom is -0.287 e. The van der Waals surface area contributed by atoms with Crippen LogP contribution in [0, 0.1) is 0 Å². The molecule has 0 aliphatic carbocycles. The zero-order valence-electron chi connectivity index (χ0n) is 16.0. The SMILES string of the molecule is c1ccc2c(c1)CSc1nc3ccc(-c4ccc5sc6ccccc6c5c4)cc3n1-2. The van der Waals surface area contributed by atoms with E-state index >= 15 is 0 Å². The maximum Gasteiger partial charge on any atom is 0.174 e. The lowest BCUT2D eigenvalue weighted by Gasteiger charge is -2.18. The molecular formula is C26H16N2S2. The van der Waals surface area contributed by atoms with Crippen molar-refractivity contribution in [3.05, 3.63) is 90.5 Å². The molecule has 0 saturated heterocycles. The molecular weight excluding hydrogens is 404 g/mol. The Morgan fingerprint density at radius 2 is 1.53 bits per heavy atom. The smallest absolute Gasteiger partial charge is 0.174 e. The summed E-state index contributed by atoms with van der Waals surface area (Å²) in [7, 11) is 0. The van der Waals surface area contributed by atoms with Crippen LogP contribution in [-0.2, 0) is 5.75 Å². The van der Waals surface area contributed by atoms with Crippen LogP contribution in [0.4, 0.5) is 0 Å². The summed E-state index contributed by atoms with van der Waals surface area (Å²) in [6, 6.07) is 30.8. The van der Waals surface area contributed by atoms with Crippen LogP contribution >= 0.6 is 23.1 Å². The summed E-state index contributed by atoms with van der Waals surface area (Å²) in [6.45, 7) is 0. The molecule has 4 aromatic carbocycles. The van der Waals surface area contributed by atoms with Gasteiger partial charge in [0.2, 0.25) is 0 Å². The van der Waals surface area contributed by atoms with E-state index in [2.05, 4.69) is 89.5 Å². The van der Waals surface area contributed by atoms with E-state index in [1.807, 2.05) is 23.1 Å². The lowest BCUT2D eigenvalue weighted by Crippen LogP contribution is -2.05. The molecule has 142 valence electrons. The minimum atomic E-state index is 0.980. The van der Waals surface area contributed by atoms with Crippen LogP contribution in [0.15, 0.2) is 90.1 Å². The van der Waals surface area contributed by atoms with Gasteiger partial charge in [-0.1, -0.05) is 60.3 Å². The first-order chi connectivity index (χ1) is 14.8. The molecule has 0 saturated carbocycles. The second-order valence-electron chi connectivity index (χ2n) is 7.66. The molecule has 7 rings (SSSR count). The second-order valence-corrected chi connectivity index (χ2v) is 9.69. The van der Waals surface area contributed by atoms with E-state index in [1.165, 1.54) is 48.1 Å². The molecule has 0 bridgehead atoms. The summed E-state index contributed by atoms with van der Waals surface area (Å²) in [4.78, 5) is 4.90. The molecule has 2 nitrogen and oxygen atoms in total. The Bertz CT molecular complexity index is 1610. The van der Waals surface area contributed by atoms with Gasteiger partial charge in [-0.15, -0.1) is 11.3 Å². The molecule has 4 heteroatoms. The number of rotatable bonds is 1. The van der Waals surface area contributed by atoms with Crippen LogP contribution in [0.2, 0.25) is 0 Å². The van der Waals surface area contributed by atoms with Crippen LogP contribution < -0.4 is 0 Å². The molecule has 3 heterocycles. The minimum absolute atomic E-state index is 0.980. The Morgan fingerprint density at radius 3 is 2.53 bits per heavy atom. The van der Waals surface area contributed by atoms with Gasteiger partial charge in [-0.3, -0.25) is 4.57 Å². The van der Waals surface area contributed by atoms with E-state index in [4.69, 9.17) is 4.98 Å². The van der Waals surface area contributed by atoms with Crippen molar-refractivity contribution in [1.29, 1.82) is 0 Å². The molecule has 0 radical (unpaired) electrons. The summed E-state index contributed by atoms with van der Waals surface area (Å²) in [5.74, 6) is 0.980. The molecule has 0 fully saturated rings. The van der Waals surface area contributed by atoms with E-state index in [0.29, 0.717) is 0 Å². The van der Waals surface area contributed by atoms with E-state index < -0.39 is 0 Å². The molecule has 0 atom stereocenters. The van der Waals surface area contributed by atoms with Crippen LogP contribution in [-0.4, -0.2) is 9.55 Å². The maximum atomic E-state index is 4.90. The summed E-state index contributed by atoms with van der Waals surface area (Å²) in [5, 5.41) is 3.76. The molecule has 30 heavy (non-hydrogen) atoms. The van der Waals surface area contributed by atoms with Crippen molar-refractivity contribution in [1.82, 2.24) is 9.55 Å². The van der Waals surface area contributed by atoms with Gasteiger partial charge in [0, 0.05) is 25.9 Å². The van der Waals surface area contributed by atoms with Crippen molar-refractivity contribution in [3.8, 4) is 16.8 Å². The third-order valence-electron chi connectivity index (χ3n) is 5.92. The van der Waals surface area contributed by atoms with Crippen molar-refractivity contribution in [2.45, 2.75) is 10.9 Å². The van der Waals surface area contributed by atoms with Gasteiger partial charge in [-0.05, 0) is 53.1 Å². The van der Waals surface area contributed by atoms with Crippen molar-refractivity contribution < 1.29 is 0 Å². The number of fused-ring (bicyclic) bond motifs is 8. The standard InChI is InChI=1S/C26H16N2S2/c1-3-7-22-18(5-1)15-29-26-27-21-11-9-17(14-23(21)28(22)26)16-10-12-25-20(13-16)19-6-2-4-8-24(19)30-25/h1-14H,15H2. The number of thioether (sulfide) groups is 1. The van der Waals surface area contributed by atoms with Crippen LogP contribution in [0.25, 0.3) is 48.0 Å². The molecule has 0 spiro atoms. The van der Waals surface area contributed by atoms with E-state index in [-0.39, 0.29) is 0 Å². The predicted molar refractivity (Wildman–Crippen MR) is 129 cm³/mol. The van der Waals surface area contributed by atoms with Crippen LogP contribution in [0.5, 0.6) is 0 Å². The third kappa shape index (κ3) is 2.35. The quantitative estimate of drug-likeness (QED) is 0.272. The Balaban J connectivity index is 1.46. The number of aromatic nitrogens is 2. The predicted octanol–water partition coefficient (Wildman–Crippen LogP) is 7.67. The second kappa shape index (κ2) is 6.21. The third-order valence-corrected chi connectivity index (χ3v) is 8.06. The summed E-state index contributed by atoms with van der Waals surface area (Å²) in [5.41, 5.74) is 7.34. The normalized spacial score (nSPS) is 13.1. The van der Waals surface area contributed by atoms with E-state index in [0.717, 1.165) is 16.4 Å². The molecule has 0 unspecified atom stereocenters. The highest BCUT2D eigenvalue weighted by atomic mass is 32.2. The summed E-state index contributed by atoms with van der Waals surface area (Å²) >= 11 is 3.68. The zero-order valence-corrected chi connectivity index (χ0v) is 17.6. The number of imidazole rings is 1. The number of hydrogen-bond acceptors (Lipinski definition) is 3. The van der Waals surface area contributed by atoms with Crippen LogP contribution in [0.3, 0.4) is 0 Å². The van der Waals surface area contributed by atoms with Crippen molar-refractivity contribution in [2.75, 3.05) is 0 Å². The molecule has 6 aromatic rings. The summed E-state index contributed by atoms with van der Waals surface area (Å²) in [6.07, 6.45) is 0. The Kier molecular flexibility index (Phi) is 3.45. The number of para-hydroxylation sites is 1. The fourth-order valence-electron chi connectivity index (χ4n) is 4.46. The summed E-state index contributed by atoms with van der Waals surface area (Å²) < 4.78 is 5.01. The molecule has 0 amide bonds. The van der Waals surface area contributed by atoms with Crippen LogP contribution in [0.1, 0.15) is 5.56 Å². The lowest BCUT2D eigenvalue weighted by atomic mass is 10.0. The highest BCUT2D eigenvalue weighted by Gasteiger charge is 2.20. The number of nitrogens with zero attached hydrogens (tertiary/aromatic N) is 2. The van der Waals surface area contributed by atoms with Gasteiger partial charge in [0.1, 0.15) is 0 Å². The van der Waals surface area contributed by atoms with Crippen molar-refractivity contribution in [2.24, 2.45) is 0 Å². The zero-order chi connectivity index (χ0) is 19.7. The maximum absolute atomic E-state index is 4.90. The number of thiophene rings is 1. The fourth-order valence-corrected chi connectivity index (χ4v) is 6.57. The average molecular weight is 421 g/mol. The van der Waals surface area contributed by atoms with Gasteiger partial charge in [-0.25, -0.2) is 4.98 Å². The molecule has 1 aliphatic heterocycles. The molecule has 1 aliphatic rings. The number of hydrogen-bond donors (Lipinski definition) is 0. The largest absolute Gasteiger partial charge is 0.287 e. The van der Waals surface area contributed by atoms with Crippen molar-refractivity contribution >= 4 is 54.3 Å². The first kappa shape index (κ1) is 16.7. The van der Waals surface area contributed by atoms with Gasteiger partial charge in [0.15, 0.2) is 5.16 Å². The highest BCUT2D eigenvalue weighted by molar-refractivity contribution is 7.98. The van der Waals surface area contributed by atoms with Gasteiger partial charge >= 0.3 is 0 Å². The van der Waals surface area contributed by atoms with Gasteiger partial charge in [0.25, 0.3) is 0 Å². The Labute approximate surface area is 181 Å². The lowest BCUT2D eigenvalue weighted by molar-refractivity contribution is 0.894. The topological polar surface area (TPSA) is 17.8 Å². The van der Waals surface area contributed by atoms with Crippen molar-refractivity contribution in [3.63, 3.8) is 0 Å². The van der Waals surface area contributed by atoms with Gasteiger partial charge in [-0.2, -0.15) is 0 Å². The van der Waals surface area contributed by atoms with E-state index in [9.17, 15) is 0 Å². The van der Waals surface area contributed by atoms with E-state index in [1.54, 1.807) is 0 Å². The highest BCUT2D eigenvalue weighted by Crippen LogP contribution is 2.39. The number of benzene rings is 4.